The smallest absolute Gasteiger partial charge is 0.143 e. The lowest BCUT2D eigenvalue weighted by atomic mass is 10.0. The fourth-order valence-corrected chi connectivity index (χ4v) is 1.23. The third-order valence-electron chi connectivity index (χ3n) is 1.89. The molecule has 0 saturated carbocycles. The van der Waals surface area contributed by atoms with Gasteiger partial charge in [-0.25, -0.2) is 0 Å². The summed E-state index contributed by atoms with van der Waals surface area (Å²) in [5.74, 6) is 0.545. The van der Waals surface area contributed by atoms with E-state index in [0.29, 0.717) is 12.2 Å². The maximum Gasteiger partial charge on any atom is 0.143 e. The molecule has 1 heteroatoms. The summed E-state index contributed by atoms with van der Waals surface area (Å²) in [4.78, 5) is 11.1. The van der Waals surface area contributed by atoms with Gasteiger partial charge in [0.15, 0.2) is 0 Å². The van der Waals surface area contributed by atoms with Crippen LogP contribution in [-0.4, -0.2) is 5.78 Å². The Morgan fingerprint density at radius 2 is 2.45 bits per heavy atom. The highest BCUT2D eigenvalue weighted by Crippen LogP contribution is 2.16. The molecule has 0 aromatic rings. The van der Waals surface area contributed by atoms with Gasteiger partial charge in [-0.15, -0.1) is 0 Å². The van der Waals surface area contributed by atoms with E-state index < -0.39 is 0 Å². The highest BCUT2D eigenvalue weighted by molar-refractivity contribution is 5.86. The van der Waals surface area contributed by atoms with Crippen molar-refractivity contribution in [1.82, 2.24) is 0 Å². The molecule has 0 aromatic heterocycles. The third-order valence-corrected chi connectivity index (χ3v) is 1.89. The van der Waals surface area contributed by atoms with Crippen LogP contribution in [-0.2, 0) is 4.79 Å². The molecular weight excluding hydrogens is 136 g/mol. The second-order valence-corrected chi connectivity index (χ2v) is 2.82. The van der Waals surface area contributed by atoms with Gasteiger partial charge in [-0.05, 0) is 12.8 Å². The molecule has 0 spiro atoms. The zero-order valence-corrected chi connectivity index (χ0v) is 6.92. The van der Waals surface area contributed by atoms with Gasteiger partial charge in [0.05, 0.1) is 0 Å². The van der Waals surface area contributed by atoms with Crippen LogP contribution in [0.25, 0.3) is 0 Å². The predicted molar refractivity (Wildman–Crippen MR) is 46.3 cm³/mol. The molecule has 0 amide bonds. The number of Topliss-reactive ketones (excluding diaryl/α,β-unsaturated/α-hetero) is 1. The number of ketones is 1. The Kier molecular flexibility index (Phi) is 3.09. The van der Waals surface area contributed by atoms with Crippen LogP contribution in [0.1, 0.15) is 26.2 Å². The summed E-state index contributed by atoms with van der Waals surface area (Å²) < 4.78 is 0. The Balaban J connectivity index is 2.31. The van der Waals surface area contributed by atoms with Crippen molar-refractivity contribution in [2.24, 2.45) is 5.92 Å². The van der Waals surface area contributed by atoms with Gasteiger partial charge in [-0.3, -0.25) is 4.79 Å². The zero-order valence-electron chi connectivity index (χ0n) is 6.92. The summed E-state index contributed by atoms with van der Waals surface area (Å²) in [6.45, 7) is 2.10. The Bertz CT molecular complexity index is 189. The summed E-state index contributed by atoms with van der Waals surface area (Å²) in [6.07, 6.45) is 10.8. The number of carbonyl (C=O) groups excluding carboxylic acids is 1. The molecule has 1 aliphatic carbocycles. The van der Waals surface area contributed by atoms with Crippen molar-refractivity contribution < 1.29 is 4.79 Å². The molecule has 1 unspecified atom stereocenters. The molecule has 1 aliphatic rings. The van der Waals surface area contributed by atoms with E-state index in [0.717, 1.165) is 12.8 Å². The maximum absolute atomic E-state index is 11.1. The van der Waals surface area contributed by atoms with Crippen LogP contribution in [0.3, 0.4) is 0 Å². The first kappa shape index (κ1) is 8.25. The minimum atomic E-state index is 0.179. The van der Waals surface area contributed by atoms with Crippen LogP contribution in [0.5, 0.6) is 0 Å². The number of allylic oxidation sites excluding steroid dienone is 4. The standard InChI is InChI=1S/C10H14O/c1-2-3-4-6-9-7-5-8-10(9)11/h3-5,7,9H,2,6,8H2,1H3. The van der Waals surface area contributed by atoms with Crippen LogP contribution in [0.2, 0.25) is 0 Å². The molecule has 0 fully saturated rings. The Morgan fingerprint density at radius 1 is 1.64 bits per heavy atom. The van der Waals surface area contributed by atoms with Crippen molar-refractivity contribution in [3.8, 4) is 0 Å². The number of rotatable bonds is 3. The van der Waals surface area contributed by atoms with Crippen molar-refractivity contribution >= 4 is 5.78 Å². The van der Waals surface area contributed by atoms with Gasteiger partial charge in [-0.1, -0.05) is 31.2 Å². The molecule has 0 radical (unpaired) electrons. The van der Waals surface area contributed by atoms with E-state index in [1.165, 1.54) is 0 Å². The van der Waals surface area contributed by atoms with Crippen molar-refractivity contribution in [3.05, 3.63) is 24.3 Å². The van der Waals surface area contributed by atoms with Crippen molar-refractivity contribution in [2.75, 3.05) is 0 Å². The molecule has 0 heterocycles. The second-order valence-electron chi connectivity index (χ2n) is 2.82. The molecule has 1 nitrogen and oxygen atoms in total. The summed E-state index contributed by atoms with van der Waals surface area (Å²) in [5.41, 5.74) is 0. The van der Waals surface area contributed by atoms with E-state index in [-0.39, 0.29) is 5.92 Å². The first-order chi connectivity index (χ1) is 5.34. The van der Waals surface area contributed by atoms with E-state index in [4.69, 9.17) is 0 Å². The summed E-state index contributed by atoms with van der Waals surface area (Å²) in [6, 6.07) is 0. The number of hydrogen-bond donors (Lipinski definition) is 0. The van der Waals surface area contributed by atoms with Crippen molar-refractivity contribution in [1.29, 1.82) is 0 Å². The van der Waals surface area contributed by atoms with Gasteiger partial charge in [-0.2, -0.15) is 0 Å². The van der Waals surface area contributed by atoms with Gasteiger partial charge in [0, 0.05) is 12.3 Å². The highest BCUT2D eigenvalue weighted by atomic mass is 16.1. The molecule has 0 N–H and O–H groups in total. The van der Waals surface area contributed by atoms with Crippen LogP contribution in [0.4, 0.5) is 0 Å². The SMILES string of the molecule is CCC=CCC1C=CCC1=O. The van der Waals surface area contributed by atoms with E-state index in [9.17, 15) is 4.79 Å². The van der Waals surface area contributed by atoms with Gasteiger partial charge < -0.3 is 0 Å². The maximum atomic E-state index is 11.1. The third kappa shape index (κ3) is 2.34. The first-order valence-corrected chi connectivity index (χ1v) is 4.19. The van der Waals surface area contributed by atoms with Crippen LogP contribution in [0, 0.1) is 5.92 Å². The first-order valence-electron chi connectivity index (χ1n) is 4.19. The van der Waals surface area contributed by atoms with Crippen LogP contribution < -0.4 is 0 Å². The molecule has 0 aromatic carbocycles. The Labute approximate surface area is 67.8 Å². The lowest BCUT2D eigenvalue weighted by molar-refractivity contribution is -0.119. The predicted octanol–water partition coefficient (Wildman–Crippen LogP) is 2.49. The van der Waals surface area contributed by atoms with Crippen LogP contribution >= 0.6 is 0 Å². The van der Waals surface area contributed by atoms with E-state index >= 15 is 0 Å². The second kappa shape index (κ2) is 4.12. The fraction of sp³-hybridized carbons (Fsp3) is 0.500. The monoisotopic (exact) mass is 150 g/mol. The topological polar surface area (TPSA) is 17.1 Å². The molecule has 0 saturated heterocycles. The van der Waals surface area contributed by atoms with Crippen molar-refractivity contribution in [3.63, 3.8) is 0 Å². The highest BCUT2D eigenvalue weighted by Gasteiger charge is 2.16. The van der Waals surface area contributed by atoms with E-state index in [1.807, 2.05) is 12.2 Å². The quantitative estimate of drug-likeness (QED) is 0.565. The average Bonchev–Trinajstić information content (AvgIpc) is 2.37. The molecule has 1 atom stereocenters. The van der Waals surface area contributed by atoms with Gasteiger partial charge in [0.25, 0.3) is 0 Å². The number of hydrogen-bond acceptors (Lipinski definition) is 1. The molecule has 60 valence electrons. The van der Waals surface area contributed by atoms with Crippen molar-refractivity contribution in [2.45, 2.75) is 26.2 Å². The lowest BCUT2D eigenvalue weighted by Crippen LogP contribution is -2.04. The molecule has 0 aliphatic heterocycles. The lowest BCUT2D eigenvalue weighted by Gasteiger charge is -1.99. The molecule has 0 bridgehead atoms. The summed E-state index contributed by atoms with van der Waals surface area (Å²) in [7, 11) is 0. The Morgan fingerprint density at radius 3 is 3.00 bits per heavy atom. The molecule has 1 rings (SSSR count). The molecule has 11 heavy (non-hydrogen) atoms. The van der Waals surface area contributed by atoms with Gasteiger partial charge in [0.2, 0.25) is 0 Å². The van der Waals surface area contributed by atoms with E-state index in [2.05, 4.69) is 19.1 Å². The minimum absolute atomic E-state index is 0.179. The zero-order chi connectivity index (χ0) is 8.10. The summed E-state index contributed by atoms with van der Waals surface area (Å²) >= 11 is 0. The number of carbonyl (C=O) groups is 1. The normalized spacial score (nSPS) is 23.7. The largest absolute Gasteiger partial charge is 0.299 e. The molecular formula is C10H14O. The minimum Gasteiger partial charge on any atom is -0.299 e. The van der Waals surface area contributed by atoms with E-state index in [1.54, 1.807) is 0 Å². The van der Waals surface area contributed by atoms with Gasteiger partial charge in [0.1, 0.15) is 5.78 Å². The summed E-state index contributed by atoms with van der Waals surface area (Å²) in [5, 5.41) is 0. The fourth-order valence-electron chi connectivity index (χ4n) is 1.23. The average molecular weight is 150 g/mol. The van der Waals surface area contributed by atoms with Gasteiger partial charge >= 0.3 is 0 Å². The Hall–Kier alpha value is -0.850. The van der Waals surface area contributed by atoms with Crippen LogP contribution in [0.15, 0.2) is 24.3 Å².